The van der Waals surface area contributed by atoms with Gasteiger partial charge in [-0.2, -0.15) is 0 Å². The third kappa shape index (κ3) is 3.53. The minimum Gasteiger partial charge on any atom is -0.379 e. The lowest BCUT2D eigenvalue weighted by Gasteiger charge is -2.08. The molecule has 1 atom stereocenters. The number of hydrogen-bond donors (Lipinski definition) is 2. The van der Waals surface area contributed by atoms with Crippen LogP contribution in [0.4, 0.5) is 5.82 Å². The molecule has 3 aromatic rings. The average molecular weight is 396 g/mol. The van der Waals surface area contributed by atoms with Crippen molar-refractivity contribution in [3.63, 3.8) is 0 Å². The third-order valence-corrected chi connectivity index (χ3v) is 6.00. The van der Waals surface area contributed by atoms with E-state index in [1.54, 1.807) is 0 Å². The maximum Gasteiger partial charge on any atom is 0.261 e. The second-order valence-corrected chi connectivity index (χ2v) is 8.22. The molecule has 28 heavy (non-hydrogen) atoms. The molecule has 8 heteroatoms. The van der Waals surface area contributed by atoms with E-state index in [9.17, 15) is 9.59 Å². The smallest absolute Gasteiger partial charge is 0.261 e. The molecule has 0 radical (unpaired) electrons. The van der Waals surface area contributed by atoms with Crippen LogP contribution < -0.4 is 10.6 Å². The first-order valence-corrected chi connectivity index (χ1v) is 10.3. The number of nitrogens with one attached hydrogen (secondary N) is 2. The van der Waals surface area contributed by atoms with E-state index in [2.05, 4.69) is 15.6 Å². The highest BCUT2D eigenvalue weighted by Gasteiger charge is 2.30. The highest BCUT2D eigenvalue weighted by molar-refractivity contribution is 7.12. The van der Waals surface area contributed by atoms with E-state index in [1.807, 2.05) is 40.4 Å². The number of amides is 2. The van der Waals surface area contributed by atoms with Crippen LogP contribution in [-0.2, 0) is 9.53 Å². The summed E-state index contributed by atoms with van der Waals surface area (Å²) in [6.07, 6.45) is 6.57. The van der Waals surface area contributed by atoms with Gasteiger partial charge >= 0.3 is 0 Å². The number of carbonyl (C=O) groups excluding carboxylic acids is 2. The lowest BCUT2D eigenvalue weighted by molar-refractivity contribution is -0.117. The van der Waals surface area contributed by atoms with Gasteiger partial charge in [-0.15, -0.1) is 11.3 Å². The zero-order chi connectivity index (χ0) is 19.1. The first-order valence-electron chi connectivity index (χ1n) is 9.43. The number of thiophene rings is 1. The van der Waals surface area contributed by atoms with Gasteiger partial charge in [-0.3, -0.25) is 9.59 Å². The van der Waals surface area contributed by atoms with Crippen molar-refractivity contribution < 1.29 is 14.3 Å². The molecule has 1 aliphatic heterocycles. The SMILES string of the molecule is O=C(NC1CCOC1)c1cc(-c2ccc3nc(NC(=O)C4CC4)cn3c2)cs1. The number of nitrogens with zero attached hydrogens (tertiary/aromatic N) is 2. The van der Waals surface area contributed by atoms with Crippen LogP contribution in [0.15, 0.2) is 36.0 Å². The lowest BCUT2D eigenvalue weighted by Crippen LogP contribution is -2.34. The Morgan fingerprint density at radius 3 is 2.86 bits per heavy atom. The van der Waals surface area contributed by atoms with Crippen LogP contribution in [-0.4, -0.2) is 40.5 Å². The molecule has 7 nitrogen and oxygen atoms in total. The zero-order valence-corrected chi connectivity index (χ0v) is 16.0. The minimum atomic E-state index is -0.0551. The number of imidazole rings is 1. The number of rotatable bonds is 5. The van der Waals surface area contributed by atoms with Crippen LogP contribution in [0.25, 0.3) is 16.8 Å². The summed E-state index contributed by atoms with van der Waals surface area (Å²) in [4.78, 5) is 29.5. The van der Waals surface area contributed by atoms with Gasteiger partial charge in [-0.1, -0.05) is 0 Å². The minimum absolute atomic E-state index is 0.0461. The van der Waals surface area contributed by atoms with Gasteiger partial charge in [-0.05, 0) is 54.0 Å². The third-order valence-electron chi connectivity index (χ3n) is 5.07. The molecule has 1 unspecified atom stereocenters. The van der Waals surface area contributed by atoms with Crippen LogP contribution in [0.5, 0.6) is 0 Å². The van der Waals surface area contributed by atoms with E-state index in [0.29, 0.717) is 23.9 Å². The number of pyridine rings is 1. The number of anilines is 1. The quantitative estimate of drug-likeness (QED) is 0.694. The molecule has 5 rings (SSSR count). The summed E-state index contributed by atoms with van der Waals surface area (Å²) in [5, 5.41) is 7.87. The fourth-order valence-electron chi connectivity index (χ4n) is 3.31. The van der Waals surface area contributed by atoms with E-state index in [-0.39, 0.29) is 23.8 Å². The Kier molecular flexibility index (Phi) is 4.37. The van der Waals surface area contributed by atoms with Crippen molar-refractivity contribution >= 4 is 34.6 Å². The summed E-state index contributed by atoms with van der Waals surface area (Å²) in [5.74, 6) is 0.704. The number of carbonyl (C=O) groups is 2. The fraction of sp³-hybridized carbons (Fsp3) is 0.350. The van der Waals surface area contributed by atoms with Crippen LogP contribution >= 0.6 is 11.3 Å². The van der Waals surface area contributed by atoms with E-state index in [1.165, 1.54) is 11.3 Å². The van der Waals surface area contributed by atoms with Crippen molar-refractivity contribution in [2.24, 2.45) is 5.92 Å². The van der Waals surface area contributed by atoms with Crippen LogP contribution in [0, 0.1) is 5.92 Å². The monoisotopic (exact) mass is 396 g/mol. The van der Waals surface area contributed by atoms with Gasteiger partial charge in [0.05, 0.1) is 23.7 Å². The predicted octanol–water partition coefficient (Wildman–Crippen LogP) is 2.93. The van der Waals surface area contributed by atoms with Crippen molar-refractivity contribution in [2.45, 2.75) is 25.3 Å². The van der Waals surface area contributed by atoms with Crippen molar-refractivity contribution in [1.29, 1.82) is 0 Å². The van der Waals surface area contributed by atoms with Gasteiger partial charge in [0, 0.05) is 18.7 Å². The van der Waals surface area contributed by atoms with Gasteiger partial charge in [0.15, 0.2) is 5.82 Å². The summed E-state index contributed by atoms with van der Waals surface area (Å²) >= 11 is 1.43. The number of ether oxygens (including phenoxy) is 1. The van der Waals surface area contributed by atoms with E-state index in [0.717, 1.165) is 36.0 Å². The van der Waals surface area contributed by atoms with Crippen molar-refractivity contribution in [3.05, 3.63) is 40.8 Å². The molecule has 1 saturated carbocycles. The Balaban J connectivity index is 1.33. The summed E-state index contributed by atoms with van der Waals surface area (Å²) in [7, 11) is 0. The van der Waals surface area contributed by atoms with Gasteiger partial charge in [0.25, 0.3) is 5.91 Å². The van der Waals surface area contributed by atoms with E-state index in [4.69, 9.17) is 4.74 Å². The molecular formula is C20H20N4O3S. The van der Waals surface area contributed by atoms with Crippen LogP contribution in [0.2, 0.25) is 0 Å². The molecule has 1 aliphatic carbocycles. The Bertz CT molecular complexity index is 1050. The second-order valence-electron chi connectivity index (χ2n) is 7.31. The first-order chi connectivity index (χ1) is 13.7. The van der Waals surface area contributed by atoms with Gasteiger partial charge in [0.1, 0.15) is 5.65 Å². The predicted molar refractivity (Wildman–Crippen MR) is 107 cm³/mol. The number of hydrogen-bond acceptors (Lipinski definition) is 5. The summed E-state index contributed by atoms with van der Waals surface area (Å²) in [6, 6.07) is 5.90. The summed E-state index contributed by atoms with van der Waals surface area (Å²) in [6.45, 7) is 1.29. The molecule has 4 heterocycles. The van der Waals surface area contributed by atoms with Crippen LogP contribution in [0.3, 0.4) is 0 Å². The largest absolute Gasteiger partial charge is 0.379 e. The summed E-state index contributed by atoms with van der Waals surface area (Å²) in [5.41, 5.74) is 2.74. The number of fused-ring (bicyclic) bond motifs is 1. The molecule has 144 valence electrons. The van der Waals surface area contributed by atoms with Crippen molar-refractivity contribution in [3.8, 4) is 11.1 Å². The normalized spacial score (nSPS) is 19.1. The fourth-order valence-corrected chi connectivity index (χ4v) is 4.13. The molecule has 2 fully saturated rings. The standard InChI is InChI=1S/C20H20N4O3S/c25-19(12-1-2-12)23-17-9-24-8-13(3-4-18(24)22-17)14-7-16(28-11-14)20(26)21-15-5-6-27-10-15/h3-4,7-9,11-12,15H,1-2,5-6,10H2,(H,21,26)(H,23,25). The summed E-state index contributed by atoms with van der Waals surface area (Å²) < 4.78 is 7.20. The molecule has 1 saturated heterocycles. The second kappa shape index (κ2) is 7.03. The highest BCUT2D eigenvalue weighted by atomic mass is 32.1. The van der Waals surface area contributed by atoms with E-state index < -0.39 is 0 Å². The highest BCUT2D eigenvalue weighted by Crippen LogP contribution is 2.30. The van der Waals surface area contributed by atoms with Gasteiger partial charge < -0.3 is 19.8 Å². The van der Waals surface area contributed by atoms with Gasteiger partial charge in [-0.25, -0.2) is 4.98 Å². The Hall–Kier alpha value is -2.71. The molecule has 2 aliphatic rings. The lowest BCUT2D eigenvalue weighted by atomic mass is 10.1. The Morgan fingerprint density at radius 2 is 2.07 bits per heavy atom. The topological polar surface area (TPSA) is 84.7 Å². The Morgan fingerprint density at radius 1 is 1.18 bits per heavy atom. The maximum atomic E-state index is 12.4. The van der Waals surface area contributed by atoms with Crippen molar-refractivity contribution in [2.75, 3.05) is 18.5 Å². The molecule has 2 amide bonds. The van der Waals surface area contributed by atoms with E-state index >= 15 is 0 Å². The zero-order valence-electron chi connectivity index (χ0n) is 15.2. The van der Waals surface area contributed by atoms with Crippen molar-refractivity contribution in [1.82, 2.24) is 14.7 Å². The Labute approximate surface area is 165 Å². The molecule has 0 bridgehead atoms. The maximum absolute atomic E-state index is 12.4. The molecular weight excluding hydrogens is 376 g/mol. The van der Waals surface area contributed by atoms with Crippen LogP contribution in [0.1, 0.15) is 28.9 Å². The molecule has 3 aromatic heterocycles. The average Bonchev–Trinajstić information content (AvgIpc) is 3.08. The van der Waals surface area contributed by atoms with Gasteiger partial charge in [0.2, 0.25) is 5.91 Å². The molecule has 0 spiro atoms. The molecule has 0 aromatic carbocycles. The number of aromatic nitrogens is 2. The molecule has 2 N–H and O–H groups in total. The first kappa shape index (κ1) is 17.4.